The van der Waals surface area contributed by atoms with E-state index in [1.165, 1.54) is 0 Å². The average Bonchev–Trinajstić information content (AvgIpc) is 3.26. The molecule has 0 bridgehead atoms. The Balaban J connectivity index is 2.01. The third-order valence-electron chi connectivity index (χ3n) is 4.66. The minimum atomic E-state index is -0.982. The molecule has 0 spiro atoms. The number of halogens is 2. The summed E-state index contributed by atoms with van der Waals surface area (Å²) in [6.45, 7) is 0. The number of methoxy groups -OCH3 is 1. The normalized spacial score (nSPS) is 25.9. The highest BCUT2D eigenvalue weighted by Crippen LogP contribution is 2.71. The summed E-state index contributed by atoms with van der Waals surface area (Å²) in [5.74, 6) is -0.392. The van der Waals surface area contributed by atoms with Crippen LogP contribution in [0.25, 0.3) is 0 Å². The number of carboxylic acid groups (broad SMARTS) is 1. The van der Waals surface area contributed by atoms with Crippen molar-refractivity contribution in [2.24, 2.45) is 5.41 Å². The van der Waals surface area contributed by atoms with Gasteiger partial charge in [-0.15, -0.1) is 11.6 Å². The van der Waals surface area contributed by atoms with E-state index in [1.54, 1.807) is 19.2 Å². The molecule has 1 aliphatic rings. The lowest BCUT2D eigenvalue weighted by Crippen LogP contribution is -2.20. The van der Waals surface area contributed by atoms with Gasteiger partial charge in [0.25, 0.3) is 0 Å². The largest absolute Gasteiger partial charge is 0.497 e. The fourth-order valence-corrected chi connectivity index (χ4v) is 3.96. The van der Waals surface area contributed by atoms with Gasteiger partial charge >= 0.3 is 5.97 Å². The van der Waals surface area contributed by atoms with Gasteiger partial charge in [0.05, 0.1) is 12.5 Å². The van der Waals surface area contributed by atoms with Crippen molar-refractivity contribution in [3.05, 3.63) is 64.7 Å². The third-order valence-corrected chi connectivity index (χ3v) is 5.35. The van der Waals surface area contributed by atoms with Crippen LogP contribution in [0.5, 0.6) is 5.75 Å². The van der Waals surface area contributed by atoms with E-state index in [0.29, 0.717) is 5.02 Å². The zero-order chi connectivity index (χ0) is 16.6. The van der Waals surface area contributed by atoms with Crippen LogP contribution in [0.4, 0.5) is 0 Å². The maximum Gasteiger partial charge on any atom is 0.312 e. The van der Waals surface area contributed by atoms with E-state index in [-0.39, 0.29) is 17.7 Å². The van der Waals surface area contributed by atoms with Gasteiger partial charge in [0.1, 0.15) is 5.75 Å². The lowest BCUT2D eigenvalue weighted by molar-refractivity contribution is -0.142. The molecule has 1 aliphatic carbocycles. The predicted octanol–water partition coefficient (Wildman–Crippen LogP) is 4.54. The molecule has 0 radical (unpaired) electrons. The topological polar surface area (TPSA) is 46.5 Å². The molecule has 0 heterocycles. The number of ether oxygens (including phenoxy) is 1. The molecule has 3 rings (SSSR count). The van der Waals surface area contributed by atoms with Crippen molar-refractivity contribution >= 4 is 29.2 Å². The van der Waals surface area contributed by atoms with Crippen LogP contribution in [0.3, 0.4) is 0 Å². The second-order valence-corrected chi connectivity index (χ2v) is 6.46. The van der Waals surface area contributed by atoms with Crippen LogP contribution in [0, 0.1) is 5.41 Å². The Labute approximate surface area is 144 Å². The van der Waals surface area contributed by atoms with E-state index in [0.717, 1.165) is 16.9 Å². The first-order valence-electron chi connectivity index (χ1n) is 7.23. The van der Waals surface area contributed by atoms with E-state index in [4.69, 9.17) is 27.9 Å². The van der Waals surface area contributed by atoms with Gasteiger partial charge in [0.2, 0.25) is 0 Å². The average molecular weight is 351 g/mol. The highest BCUT2D eigenvalue weighted by molar-refractivity contribution is 6.30. The SMILES string of the molecule is COc1ccc([C@@H]2[C@@H](c3ccc(Cl)cc3)[C@]2(CCl)C(=O)O)cc1. The minimum absolute atomic E-state index is 0.0618. The number of aliphatic carboxylic acids is 1. The molecule has 0 saturated heterocycles. The standard InChI is InChI=1S/C18H16Cl2O3/c1-23-14-8-4-12(5-9-14)16-15(18(16,10-19)17(21)22)11-2-6-13(20)7-3-11/h2-9,15-16H,10H2,1H3,(H,21,22)/t15-,16-,18+/m1/s1. The molecular formula is C18H16Cl2O3. The van der Waals surface area contributed by atoms with Crippen molar-refractivity contribution in [1.29, 1.82) is 0 Å². The van der Waals surface area contributed by atoms with Crippen LogP contribution in [-0.2, 0) is 4.79 Å². The van der Waals surface area contributed by atoms with Crippen molar-refractivity contribution < 1.29 is 14.6 Å². The van der Waals surface area contributed by atoms with Crippen molar-refractivity contribution in [2.75, 3.05) is 13.0 Å². The zero-order valence-electron chi connectivity index (χ0n) is 12.5. The highest BCUT2D eigenvalue weighted by atomic mass is 35.5. The molecule has 23 heavy (non-hydrogen) atoms. The second kappa shape index (κ2) is 6.06. The van der Waals surface area contributed by atoms with Crippen LogP contribution < -0.4 is 4.74 Å². The summed E-state index contributed by atoms with van der Waals surface area (Å²) in [6.07, 6.45) is 0. The van der Waals surface area contributed by atoms with Gasteiger partial charge in [-0.3, -0.25) is 4.79 Å². The molecular weight excluding hydrogens is 335 g/mol. The van der Waals surface area contributed by atoms with Gasteiger partial charge in [-0.1, -0.05) is 35.9 Å². The number of carbonyl (C=O) groups is 1. The molecule has 0 aromatic heterocycles. The third kappa shape index (κ3) is 2.58. The highest BCUT2D eigenvalue weighted by Gasteiger charge is 2.70. The van der Waals surface area contributed by atoms with Crippen LogP contribution in [0.2, 0.25) is 5.02 Å². The Hall–Kier alpha value is -1.71. The fraction of sp³-hybridized carbons (Fsp3) is 0.278. The van der Waals surface area contributed by atoms with Gasteiger partial charge in [0, 0.05) is 22.7 Å². The maximum atomic E-state index is 11.9. The summed E-state index contributed by atoms with van der Waals surface area (Å²) in [7, 11) is 1.60. The van der Waals surface area contributed by atoms with Gasteiger partial charge in [-0.25, -0.2) is 0 Å². The minimum Gasteiger partial charge on any atom is -0.497 e. The molecule has 2 aromatic carbocycles. The Morgan fingerprint density at radius 2 is 1.57 bits per heavy atom. The molecule has 5 heteroatoms. The number of hydrogen-bond donors (Lipinski definition) is 1. The van der Waals surface area contributed by atoms with Gasteiger partial charge in [0.15, 0.2) is 0 Å². The van der Waals surface area contributed by atoms with Crippen molar-refractivity contribution in [1.82, 2.24) is 0 Å². The molecule has 0 amide bonds. The van der Waals surface area contributed by atoms with Crippen molar-refractivity contribution in [3.63, 3.8) is 0 Å². The number of benzene rings is 2. The summed E-state index contributed by atoms with van der Waals surface area (Å²) in [5.41, 5.74) is 0.913. The molecule has 1 N–H and O–H groups in total. The van der Waals surface area contributed by atoms with Gasteiger partial charge < -0.3 is 9.84 Å². The molecule has 3 atom stereocenters. The molecule has 0 unspecified atom stereocenters. The number of alkyl halides is 1. The molecule has 1 saturated carbocycles. The molecule has 120 valence electrons. The van der Waals surface area contributed by atoms with E-state index < -0.39 is 11.4 Å². The Morgan fingerprint density at radius 3 is 1.96 bits per heavy atom. The first-order chi connectivity index (χ1) is 11.0. The molecule has 1 fully saturated rings. The number of carboxylic acids is 1. The fourth-order valence-electron chi connectivity index (χ4n) is 3.39. The summed E-state index contributed by atoms with van der Waals surface area (Å²) in [4.78, 5) is 11.9. The van der Waals surface area contributed by atoms with Crippen molar-refractivity contribution in [2.45, 2.75) is 11.8 Å². The molecule has 2 aromatic rings. The lowest BCUT2D eigenvalue weighted by Gasteiger charge is -2.09. The van der Waals surface area contributed by atoms with E-state index in [2.05, 4.69) is 0 Å². The molecule has 3 nitrogen and oxygen atoms in total. The van der Waals surface area contributed by atoms with Crippen LogP contribution in [0.1, 0.15) is 23.0 Å². The van der Waals surface area contributed by atoms with Crippen LogP contribution in [-0.4, -0.2) is 24.1 Å². The lowest BCUT2D eigenvalue weighted by atomic mass is 10.00. The van der Waals surface area contributed by atoms with E-state index >= 15 is 0 Å². The maximum absolute atomic E-state index is 11.9. The second-order valence-electron chi connectivity index (χ2n) is 5.76. The number of hydrogen-bond acceptors (Lipinski definition) is 2. The summed E-state index contributed by atoms with van der Waals surface area (Å²) >= 11 is 12.0. The van der Waals surface area contributed by atoms with Gasteiger partial charge in [-0.05, 0) is 35.4 Å². The summed E-state index contributed by atoms with van der Waals surface area (Å²) in [5, 5.41) is 10.4. The first kappa shape index (κ1) is 16.2. The summed E-state index contributed by atoms with van der Waals surface area (Å²) in [6, 6.07) is 14.8. The quantitative estimate of drug-likeness (QED) is 0.805. The Morgan fingerprint density at radius 1 is 1.09 bits per heavy atom. The van der Waals surface area contributed by atoms with E-state index in [9.17, 15) is 9.90 Å². The zero-order valence-corrected chi connectivity index (χ0v) is 14.0. The molecule has 0 aliphatic heterocycles. The van der Waals surface area contributed by atoms with Crippen LogP contribution in [0.15, 0.2) is 48.5 Å². The van der Waals surface area contributed by atoms with E-state index in [1.807, 2.05) is 36.4 Å². The predicted molar refractivity (Wildman–Crippen MR) is 90.7 cm³/mol. The summed E-state index contributed by atoms with van der Waals surface area (Å²) < 4.78 is 5.16. The number of rotatable bonds is 5. The monoisotopic (exact) mass is 350 g/mol. The van der Waals surface area contributed by atoms with Gasteiger partial charge in [-0.2, -0.15) is 0 Å². The van der Waals surface area contributed by atoms with Crippen molar-refractivity contribution in [3.8, 4) is 5.75 Å². The smallest absolute Gasteiger partial charge is 0.312 e. The Kier molecular flexibility index (Phi) is 4.26. The van der Waals surface area contributed by atoms with Crippen LogP contribution >= 0.6 is 23.2 Å². The first-order valence-corrected chi connectivity index (χ1v) is 8.14. The Bertz CT molecular complexity index is 712.